The number of imidazole rings is 1. The van der Waals surface area contributed by atoms with Crippen molar-refractivity contribution in [2.24, 2.45) is 0 Å². The summed E-state index contributed by atoms with van der Waals surface area (Å²) in [5.41, 5.74) is 0.962. The first kappa shape index (κ1) is 18.0. The summed E-state index contributed by atoms with van der Waals surface area (Å²) in [6.07, 6.45) is 4.90. The number of unbranched alkanes of at least 4 members (excludes halogenated alkanes) is 2. The summed E-state index contributed by atoms with van der Waals surface area (Å²) >= 11 is 0. The van der Waals surface area contributed by atoms with E-state index in [0.29, 0.717) is 30.8 Å². The molecule has 6 nitrogen and oxygen atoms in total. The minimum atomic E-state index is -0.228. The van der Waals surface area contributed by atoms with Gasteiger partial charge in [0.15, 0.2) is 5.69 Å². The quantitative estimate of drug-likeness (QED) is 0.757. The fraction of sp³-hybridized carbons (Fsp3) is 0.500. The number of carbonyl (C=O) groups excluding carboxylic acids is 2. The van der Waals surface area contributed by atoms with E-state index in [1.165, 1.54) is 0 Å². The molecule has 2 rings (SSSR count). The van der Waals surface area contributed by atoms with E-state index >= 15 is 0 Å². The third-order valence-electron chi connectivity index (χ3n) is 4.07. The van der Waals surface area contributed by atoms with Gasteiger partial charge in [0.1, 0.15) is 0 Å². The van der Waals surface area contributed by atoms with Gasteiger partial charge in [-0.3, -0.25) is 14.0 Å². The highest BCUT2D eigenvalue weighted by molar-refractivity contribution is 6.02. The van der Waals surface area contributed by atoms with Crippen molar-refractivity contribution in [3.05, 3.63) is 35.9 Å². The smallest absolute Gasteiger partial charge is 0.290 e. The Morgan fingerprint density at radius 2 is 1.92 bits per heavy atom. The summed E-state index contributed by atoms with van der Waals surface area (Å²) < 4.78 is 1.70. The van der Waals surface area contributed by atoms with E-state index < -0.39 is 0 Å². The topological polar surface area (TPSA) is 66.7 Å². The van der Waals surface area contributed by atoms with E-state index in [2.05, 4.69) is 17.2 Å². The SMILES string of the molecule is CCCCCNC(=O)c1nc(C(=O)N(CC)CC)n2ccccc12. The summed E-state index contributed by atoms with van der Waals surface area (Å²) in [7, 11) is 0. The van der Waals surface area contributed by atoms with Gasteiger partial charge in [-0.1, -0.05) is 25.8 Å². The average molecular weight is 330 g/mol. The van der Waals surface area contributed by atoms with Crippen LogP contribution in [-0.2, 0) is 0 Å². The number of hydrogen-bond acceptors (Lipinski definition) is 3. The minimum absolute atomic E-state index is 0.161. The molecule has 0 unspecified atom stereocenters. The molecule has 0 saturated carbocycles. The molecule has 0 aromatic carbocycles. The molecule has 0 bridgehead atoms. The number of fused-ring (bicyclic) bond motifs is 1. The van der Waals surface area contributed by atoms with Crippen LogP contribution in [0, 0.1) is 0 Å². The molecular weight excluding hydrogens is 304 g/mol. The summed E-state index contributed by atoms with van der Waals surface area (Å²) in [5, 5.41) is 2.90. The van der Waals surface area contributed by atoms with E-state index in [9.17, 15) is 9.59 Å². The fourth-order valence-corrected chi connectivity index (χ4v) is 2.67. The van der Waals surface area contributed by atoms with E-state index in [4.69, 9.17) is 0 Å². The van der Waals surface area contributed by atoms with Gasteiger partial charge in [0.2, 0.25) is 5.82 Å². The van der Waals surface area contributed by atoms with Crippen LogP contribution < -0.4 is 5.32 Å². The molecule has 24 heavy (non-hydrogen) atoms. The van der Waals surface area contributed by atoms with Crippen LogP contribution in [0.3, 0.4) is 0 Å². The van der Waals surface area contributed by atoms with Gasteiger partial charge in [-0.15, -0.1) is 0 Å². The van der Waals surface area contributed by atoms with Crippen molar-refractivity contribution in [3.63, 3.8) is 0 Å². The lowest BCUT2D eigenvalue weighted by Crippen LogP contribution is -2.32. The first-order valence-corrected chi connectivity index (χ1v) is 8.68. The zero-order chi connectivity index (χ0) is 17.5. The molecule has 0 fully saturated rings. The summed E-state index contributed by atoms with van der Waals surface area (Å²) in [5.74, 6) is -0.104. The Balaban J connectivity index is 2.31. The Morgan fingerprint density at radius 1 is 1.17 bits per heavy atom. The molecule has 1 N–H and O–H groups in total. The van der Waals surface area contributed by atoms with Crippen LogP contribution in [0.25, 0.3) is 5.52 Å². The van der Waals surface area contributed by atoms with E-state index in [1.807, 2.05) is 32.0 Å². The van der Waals surface area contributed by atoms with E-state index in [0.717, 1.165) is 19.3 Å². The van der Waals surface area contributed by atoms with Gasteiger partial charge in [0.25, 0.3) is 11.8 Å². The van der Waals surface area contributed by atoms with Crippen LogP contribution in [-0.4, -0.2) is 45.7 Å². The summed E-state index contributed by atoms with van der Waals surface area (Å²) in [6.45, 7) is 7.82. The first-order valence-electron chi connectivity index (χ1n) is 8.68. The fourth-order valence-electron chi connectivity index (χ4n) is 2.67. The van der Waals surface area contributed by atoms with Crippen LogP contribution in [0.15, 0.2) is 24.4 Å². The highest BCUT2D eigenvalue weighted by atomic mass is 16.2. The lowest BCUT2D eigenvalue weighted by molar-refractivity contribution is 0.0760. The van der Waals surface area contributed by atoms with Crippen molar-refractivity contribution in [1.29, 1.82) is 0 Å². The van der Waals surface area contributed by atoms with Gasteiger partial charge in [0, 0.05) is 25.8 Å². The molecule has 0 aliphatic carbocycles. The number of carbonyl (C=O) groups is 2. The number of hydrogen-bond donors (Lipinski definition) is 1. The highest BCUT2D eigenvalue weighted by Gasteiger charge is 2.23. The van der Waals surface area contributed by atoms with Crippen LogP contribution in [0.4, 0.5) is 0 Å². The Kier molecular flexibility index (Phi) is 6.35. The average Bonchev–Trinajstić information content (AvgIpc) is 2.99. The second-order valence-corrected chi connectivity index (χ2v) is 5.68. The second kappa shape index (κ2) is 8.47. The molecule has 0 saturated heterocycles. The molecule has 6 heteroatoms. The summed E-state index contributed by atoms with van der Waals surface area (Å²) in [6, 6.07) is 5.49. The van der Waals surface area contributed by atoms with Gasteiger partial charge in [-0.25, -0.2) is 4.98 Å². The third kappa shape index (κ3) is 3.75. The Morgan fingerprint density at radius 3 is 2.58 bits per heavy atom. The zero-order valence-corrected chi connectivity index (χ0v) is 14.7. The normalized spacial score (nSPS) is 10.8. The van der Waals surface area contributed by atoms with Gasteiger partial charge in [-0.2, -0.15) is 0 Å². The van der Waals surface area contributed by atoms with Gasteiger partial charge in [0.05, 0.1) is 5.52 Å². The number of nitrogens with zero attached hydrogens (tertiary/aromatic N) is 3. The first-order chi connectivity index (χ1) is 11.6. The van der Waals surface area contributed by atoms with Crippen LogP contribution in [0.1, 0.15) is 61.1 Å². The molecule has 0 aliphatic heterocycles. The van der Waals surface area contributed by atoms with Crippen molar-refractivity contribution in [2.75, 3.05) is 19.6 Å². The van der Waals surface area contributed by atoms with Crippen molar-refractivity contribution in [3.8, 4) is 0 Å². The maximum Gasteiger partial charge on any atom is 0.290 e. The number of amides is 2. The van der Waals surface area contributed by atoms with Gasteiger partial charge >= 0.3 is 0 Å². The summed E-state index contributed by atoms with van der Waals surface area (Å²) in [4.78, 5) is 31.2. The van der Waals surface area contributed by atoms with Gasteiger partial charge < -0.3 is 10.2 Å². The monoisotopic (exact) mass is 330 g/mol. The molecule has 130 valence electrons. The molecule has 0 radical (unpaired) electrons. The number of pyridine rings is 1. The highest BCUT2D eigenvalue weighted by Crippen LogP contribution is 2.15. The molecule has 0 atom stereocenters. The number of nitrogens with one attached hydrogen (secondary N) is 1. The number of aromatic nitrogens is 2. The molecule has 2 aromatic rings. The van der Waals surface area contributed by atoms with Crippen molar-refractivity contribution in [1.82, 2.24) is 19.6 Å². The predicted octanol–water partition coefficient (Wildman–Crippen LogP) is 2.74. The Labute approximate surface area is 142 Å². The van der Waals surface area contributed by atoms with E-state index in [1.54, 1.807) is 15.5 Å². The molecule has 2 heterocycles. The minimum Gasteiger partial charge on any atom is -0.351 e. The third-order valence-corrected chi connectivity index (χ3v) is 4.07. The molecular formula is C18H26N4O2. The largest absolute Gasteiger partial charge is 0.351 e. The molecule has 2 aromatic heterocycles. The second-order valence-electron chi connectivity index (χ2n) is 5.68. The van der Waals surface area contributed by atoms with Crippen molar-refractivity contribution < 1.29 is 9.59 Å². The predicted molar refractivity (Wildman–Crippen MR) is 94.3 cm³/mol. The van der Waals surface area contributed by atoms with Crippen LogP contribution >= 0.6 is 0 Å². The molecule has 0 spiro atoms. The Hall–Kier alpha value is -2.37. The van der Waals surface area contributed by atoms with Crippen LogP contribution in [0.5, 0.6) is 0 Å². The van der Waals surface area contributed by atoms with Gasteiger partial charge in [-0.05, 0) is 32.4 Å². The molecule has 0 aliphatic rings. The Bertz CT molecular complexity index is 704. The maximum absolute atomic E-state index is 12.7. The number of rotatable bonds is 8. The molecule has 2 amide bonds. The maximum atomic E-state index is 12.7. The van der Waals surface area contributed by atoms with Crippen LogP contribution in [0.2, 0.25) is 0 Å². The van der Waals surface area contributed by atoms with E-state index in [-0.39, 0.29) is 17.6 Å². The lowest BCUT2D eigenvalue weighted by Gasteiger charge is -2.17. The van der Waals surface area contributed by atoms with Crippen molar-refractivity contribution in [2.45, 2.75) is 40.0 Å². The standard InChI is InChI=1S/C18H26N4O2/c1-4-7-9-12-19-17(23)15-14-11-8-10-13-22(14)16(20-15)18(24)21(5-2)6-3/h8,10-11,13H,4-7,9,12H2,1-3H3,(H,19,23). The zero-order valence-electron chi connectivity index (χ0n) is 14.7. The van der Waals surface area contributed by atoms with Crippen molar-refractivity contribution >= 4 is 17.3 Å². The lowest BCUT2D eigenvalue weighted by atomic mass is 10.2.